The van der Waals surface area contributed by atoms with E-state index in [2.05, 4.69) is 0 Å². The van der Waals surface area contributed by atoms with E-state index in [1.807, 2.05) is 5.32 Å². The summed E-state index contributed by atoms with van der Waals surface area (Å²) >= 11 is 0. The summed E-state index contributed by atoms with van der Waals surface area (Å²) in [5.41, 5.74) is -4.88. The monoisotopic (exact) mass is 504 g/mol. The molecule has 2 aliphatic rings. The molecule has 0 aromatic heterocycles. The minimum Gasteiger partial charge on any atom is -0.497 e. The molecule has 2 aromatic carbocycles. The summed E-state index contributed by atoms with van der Waals surface area (Å²) in [6.07, 6.45) is -5.53. The number of rotatable bonds is 5. The number of alkyl halides is 3. The van der Waals surface area contributed by atoms with Crippen molar-refractivity contribution in [3.05, 3.63) is 76.7 Å². The van der Waals surface area contributed by atoms with Gasteiger partial charge in [0, 0.05) is 17.7 Å². The Labute approximate surface area is 204 Å². The van der Waals surface area contributed by atoms with Gasteiger partial charge in [-0.15, -0.1) is 0 Å². The Bertz CT molecular complexity index is 1250. The van der Waals surface area contributed by atoms with Crippen LogP contribution in [-0.2, 0) is 16.1 Å². The van der Waals surface area contributed by atoms with Gasteiger partial charge in [-0.25, -0.2) is 4.39 Å². The number of hydrogen-bond acceptors (Lipinski definition) is 4. The first-order valence-corrected chi connectivity index (χ1v) is 11.2. The molecular weight excluding hydrogens is 480 g/mol. The molecule has 2 amide bonds. The molecule has 1 aliphatic carbocycles. The van der Waals surface area contributed by atoms with Crippen molar-refractivity contribution in [2.45, 2.75) is 44.9 Å². The van der Waals surface area contributed by atoms with Gasteiger partial charge in [-0.05, 0) is 53.8 Å². The highest BCUT2D eigenvalue weighted by Gasteiger charge is 2.71. The van der Waals surface area contributed by atoms with E-state index in [9.17, 15) is 31.9 Å². The first-order valence-electron chi connectivity index (χ1n) is 11.2. The minimum atomic E-state index is -5.32. The quantitative estimate of drug-likeness (QED) is 0.607. The average molecular weight is 504 g/mol. The number of ketones is 1. The van der Waals surface area contributed by atoms with Crippen molar-refractivity contribution in [2.24, 2.45) is 5.41 Å². The third kappa shape index (κ3) is 4.25. The predicted octanol–water partition coefficient (Wildman–Crippen LogP) is 4.55. The molecule has 1 heterocycles. The molecule has 190 valence electrons. The van der Waals surface area contributed by atoms with Crippen LogP contribution in [0.5, 0.6) is 5.75 Å². The number of ether oxygens (including phenoxy) is 1. The molecule has 0 unspecified atom stereocenters. The van der Waals surface area contributed by atoms with Crippen LogP contribution in [0.25, 0.3) is 0 Å². The van der Waals surface area contributed by atoms with E-state index in [1.165, 1.54) is 43.5 Å². The molecule has 0 fully saturated rings. The number of carbonyl (C=O) groups excluding carboxylic acids is 3. The van der Waals surface area contributed by atoms with Gasteiger partial charge in [-0.2, -0.15) is 13.2 Å². The summed E-state index contributed by atoms with van der Waals surface area (Å²) in [4.78, 5) is 40.7. The minimum absolute atomic E-state index is 0.0112. The fourth-order valence-corrected chi connectivity index (χ4v) is 4.75. The standard InChI is InChI=1S/C26H24F4N2O4/c1-24(2)12-19-21(20(33)13-24)25(26(28,29)30,31-22(34)16-6-10-18(36-3)11-7-16)23(35)32(19)14-15-4-8-17(27)9-5-15/h4-11H,12-14H2,1-3H3,(H,31,34)/t25-/m1/s1. The fraction of sp³-hybridized carbons (Fsp3) is 0.346. The second-order valence-corrected chi connectivity index (χ2v) is 9.71. The van der Waals surface area contributed by atoms with Crippen molar-refractivity contribution in [1.82, 2.24) is 10.2 Å². The Morgan fingerprint density at radius 3 is 2.19 bits per heavy atom. The van der Waals surface area contributed by atoms with Crippen LogP contribution in [0.1, 0.15) is 42.6 Å². The summed E-state index contributed by atoms with van der Waals surface area (Å²) in [5.74, 6) is -3.66. The fourth-order valence-electron chi connectivity index (χ4n) is 4.75. The van der Waals surface area contributed by atoms with E-state index in [4.69, 9.17) is 4.74 Å². The van der Waals surface area contributed by atoms with Crippen molar-refractivity contribution in [1.29, 1.82) is 0 Å². The summed E-state index contributed by atoms with van der Waals surface area (Å²) in [6.45, 7) is 3.12. The molecule has 1 aliphatic heterocycles. The maximum absolute atomic E-state index is 14.8. The van der Waals surface area contributed by atoms with E-state index in [-0.39, 0.29) is 30.6 Å². The Morgan fingerprint density at radius 1 is 1.03 bits per heavy atom. The largest absolute Gasteiger partial charge is 0.497 e. The molecule has 6 nitrogen and oxygen atoms in total. The molecule has 36 heavy (non-hydrogen) atoms. The van der Waals surface area contributed by atoms with E-state index in [1.54, 1.807) is 13.8 Å². The van der Waals surface area contributed by atoms with Gasteiger partial charge in [-0.1, -0.05) is 26.0 Å². The normalized spacial score (nSPS) is 21.5. The molecule has 1 atom stereocenters. The van der Waals surface area contributed by atoms with E-state index >= 15 is 0 Å². The first-order chi connectivity index (χ1) is 16.8. The molecular formula is C26H24F4N2O4. The zero-order chi connectivity index (χ0) is 26.5. The highest BCUT2D eigenvalue weighted by Crippen LogP contribution is 2.52. The Hall–Kier alpha value is -3.69. The number of carbonyl (C=O) groups is 3. The SMILES string of the molecule is COc1ccc(C(=O)N[C@@]2(C(F)(F)F)C(=O)N(Cc3ccc(F)cc3)C3=C2C(=O)CC(C)(C)C3)cc1. The number of benzene rings is 2. The van der Waals surface area contributed by atoms with Crippen molar-refractivity contribution < 1.29 is 36.7 Å². The van der Waals surface area contributed by atoms with Crippen LogP contribution < -0.4 is 10.1 Å². The predicted molar refractivity (Wildman–Crippen MR) is 121 cm³/mol. The summed E-state index contributed by atoms with van der Waals surface area (Å²) < 4.78 is 62.9. The zero-order valence-electron chi connectivity index (χ0n) is 19.8. The molecule has 0 radical (unpaired) electrons. The van der Waals surface area contributed by atoms with Crippen LogP contribution in [0.4, 0.5) is 17.6 Å². The van der Waals surface area contributed by atoms with Crippen LogP contribution in [0.15, 0.2) is 59.8 Å². The molecule has 10 heteroatoms. The second-order valence-electron chi connectivity index (χ2n) is 9.71. The maximum atomic E-state index is 14.8. The van der Waals surface area contributed by atoms with Gasteiger partial charge in [0.1, 0.15) is 11.6 Å². The van der Waals surface area contributed by atoms with Crippen molar-refractivity contribution in [3.63, 3.8) is 0 Å². The topological polar surface area (TPSA) is 75.7 Å². The Kier molecular flexibility index (Phi) is 6.18. The van der Waals surface area contributed by atoms with Gasteiger partial charge in [0.05, 0.1) is 19.2 Å². The molecule has 0 bridgehead atoms. The van der Waals surface area contributed by atoms with Gasteiger partial charge in [-0.3, -0.25) is 14.4 Å². The number of halogens is 4. The number of nitrogens with one attached hydrogen (secondary N) is 1. The third-order valence-corrected chi connectivity index (χ3v) is 6.45. The van der Waals surface area contributed by atoms with E-state index < -0.39 is 46.1 Å². The number of Topliss-reactive ketones (excluding diaryl/α,β-unsaturated/α-hetero) is 1. The second kappa shape index (κ2) is 8.76. The average Bonchev–Trinajstić information content (AvgIpc) is 3.03. The first kappa shape index (κ1) is 25.4. The van der Waals surface area contributed by atoms with Crippen LogP contribution in [0.3, 0.4) is 0 Å². The van der Waals surface area contributed by atoms with Crippen molar-refractivity contribution in [3.8, 4) is 5.75 Å². The molecule has 1 N–H and O–H groups in total. The van der Waals surface area contributed by atoms with Crippen LogP contribution >= 0.6 is 0 Å². The lowest BCUT2D eigenvalue weighted by Gasteiger charge is -2.35. The van der Waals surface area contributed by atoms with Crippen molar-refractivity contribution >= 4 is 17.6 Å². The van der Waals surface area contributed by atoms with Gasteiger partial charge < -0.3 is 15.0 Å². The Morgan fingerprint density at radius 2 is 1.64 bits per heavy atom. The lowest BCUT2D eigenvalue weighted by molar-refractivity contribution is -0.190. The van der Waals surface area contributed by atoms with Gasteiger partial charge >= 0.3 is 6.18 Å². The van der Waals surface area contributed by atoms with E-state index in [0.717, 1.165) is 17.0 Å². The summed E-state index contributed by atoms with van der Waals surface area (Å²) in [7, 11) is 1.39. The summed E-state index contributed by atoms with van der Waals surface area (Å²) in [5, 5.41) is 1.88. The van der Waals surface area contributed by atoms with Gasteiger partial charge in [0.2, 0.25) is 5.54 Å². The number of amides is 2. The highest BCUT2D eigenvalue weighted by atomic mass is 19.4. The van der Waals surface area contributed by atoms with Crippen molar-refractivity contribution in [2.75, 3.05) is 7.11 Å². The third-order valence-electron chi connectivity index (χ3n) is 6.45. The molecule has 4 rings (SSSR count). The molecule has 0 spiro atoms. The molecule has 0 saturated carbocycles. The number of methoxy groups -OCH3 is 1. The lowest BCUT2D eigenvalue weighted by atomic mass is 9.72. The van der Waals surface area contributed by atoms with Gasteiger partial charge in [0.25, 0.3) is 11.8 Å². The van der Waals surface area contributed by atoms with Crippen LogP contribution in [0.2, 0.25) is 0 Å². The van der Waals surface area contributed by atoms with Crippen LogP contribution in [-0.4, -0.2) is 41.3 Å². The smallest absolute Gasteiger partial charge is 0.425 e. The van der Waals surface area contributed by atoms with Gasteiger partial charge in [0.15, 0.2) is 5.78 Å². The molecule has 2 aromatic rings. The zero-order valence-corrected chi connectivity index (χ0v) is 19.8. The van der Waals surface area contributed by atoms with Crippen LogP contribution in [0, 0.1) is 11.2 Å². The number of hydrogen-bond donors (Lipinski definition) is 1. The number of nitrogens with zero attached hydrogens (tertiary/aromatic N) is 1. The molecule has 0 saturated heterocycles. The lowest BCUT2D eigenvalue weighted by Crippen LogP contribution is -2.66. The summed E-state index contributed by atoms with van der Waals surface area (Å²) in [6, 6.07) is 10.3. The maximum Gasteiger partial charge on any atom is 0.425 e. The number of allylic oxidation sites excluding steroid dienone is 1. The van der Waals surface area contributed by atoms with E-state index in [0.29, 0.717) is 11.3 Å². The highest BCUT2D eigenvalue weighted by molar-refractivity contribution is 6.14. The Balaban J connectivity index is 1.84.